The third-order valence-corrected chi connectivity index (χ3v) is 4.01. The fourth-order valence-electron chi connectivity index (χ4n) is 2.63. The Hall–Kier alpha value is -1.43. The second kappa shape index (κ2) is 5.69. The number of hydrogen-bond donors (Lipinski definition) is 1. The van der Waals surface area contributed by atoms with Gasteiger partial charge in [0.15, 0.2) is 5.69 Å². The molecule has 2 fully saturated rings. The van der Waals surface area contributed by atoms with Gasteiger partial charge in [0.05, 0.1) is 12.2 Å². The molecule has 1 N–H and O–H groups in total. The van der Waals surface area contributed by atoms with Crippen molar-refractivity contribution in [1.82, 2.24) is 25.2 Å². The Morgan fingerprint density at radius 3 is 2.47 bits per heavy atom. The number of aromatic nitrogens is 3. The van der Waals surface area contributed by atoms with Gasteiger partial charge in [-0.2, -0.15) is 0 Å². The Morgan fingerprint density at radius 2 is 1.84 bits per heavy atom. The zero-order chi connectivity index (χ0) is 13.1. The Balaban J connectivity index is 1.65. The SMILES string of the molecule is O=C(c1cn(C2CNC2)nn1)N1CCCCCCC1. The summed E-state index contributed by atoms with van der Waals surface area (Å²) in [6.07, 6.45) is 7.76. The van der Waals surface area contributed by atoms with E-state index in [9.17, 15) is 4.79 Å². The first-order valence-electron chi connectivity index (χ1n) is 7.26. The number of nitrogens with one attached hydrogen (secondary N) is 1. The van der Waals surface area contributed by atoms with Crippen molar-refractivity contribution in [1.29, 1.82) is 0 Å². The topological polar surface area (TPSA) is 63.1 Å². The van der Waals surface area contributed by atoms with Crippen LogP contribution in [0.25, 0.3) is 0 Å². The summed E-state index contributed by atoms with van der Waals surface area (Å²) in [6, 6.07) is 0.362. The summed E-state index contributed by atoms with van der Waals surface area (Å²) in [4.78, 5) is 14.3. The first kappa shape index (κ1) is 12.6. The summed E-state index contributed by atoms with van der Waals surface area (Å²) in [7, 11) is 0. The zero-order valence-corrected chi connectivity index (χ0v) is 11.2. The molecule has 0 bridgehead atoms. The molecule has 6 heteroatoms. The number of likely N-dealkylation sites (tertiary alicyclic amines) is 1. The number of amides is 1. The monoisotopic (exact) mass is 263 g/mol. The van der Waals surface area contributed by atoms with Crippen molar-refractivity contribution in [2.24, 2.45) is 0 Å². The minimum Gasteiger partial charge on any atom is -0.337 e. The Morgan fingerprint density at radius 1 is 1.16 bits per heavy atom. The van der Waals surface area contributed by atoms with Gasteiger partial charge in [0, 0.05) is 26.2 Å². The maximum absolute atomic E-state index is 12.4. The third-order valence-electron chi connectivity index (χ3n) is 4.01. The lowest BCUT2D eigenvalue weighted by Crippen LogP contribution is -2.43. The highest BCUT2D eigenvalue weighted by molar-refractivity contribution is 5.91. The highest BCUT2D eigenvalue weighted by Crippen LogP contribution is 2.14. The number of carbonyl (C=O) groups excluding carboxylic acids is 1. The molecule has 2 aliphatic heterocycles. The highest BCUT2D eigenvalue weighted by Gasteiger charge is 2.24. The van der Waals surface area contributed by atoms with Gasteiger partial charge in [-0.15, -0.1) is 5.10 Å². The van der Waals surface area contributed by atoms with Gasteiger partial charge in [-0.3, -0.25) is 4.79 Å². The molecule has 0 unspecified atom stereocenters. The van der Waals surface area contributed by atoms with Crippen LogP contribution in [0.15, 0.2) is 6.20 Å². The molecule has 19 heavy (non-hydrogen) atoms. The van der Waals surface area contributed by atoms with E-state index in [1.54, 1.807) is 6.20 Å². The molecule has 1 aromatic rings. The molecule has 2 saturated heterocycles. The van der Waals surface area contributed by atoms with Crippen molar-refractivity contribution < 1.29 is 4.79 Å². The van der Waals surface area contributed by atoms with E-state index in [4.69, 9.17) is 0 Å². The number of nitrogens with zero attached hydrogens (tertiary/aromatic N) is 4. The van der Waals surface area contributed by atoms with Crippen molar-refractivity contribution in [3.8, 4) is 0 Å². The van der Waals surface area contributed by atoms with Crippen molar-refractivity contribution in [3.63, 3.8) is 0 Å². The third kappa shape index (κ3) is 2.78. The van der Waals surface area contributed by atoms with Crippen LogP contribution in [0.1, 0.15) is 48.6 Å². The van der Waals surface area contributed by atoms with Crippen LogP contribution in [-0.2, 0) is 0 Å². The van der Waals surface area contributed by atoms with Crippen molar-refractivity contribution in [3.05, 3.63) is 11.9 Å². The van der Waals surface area contributed by atoms with Crippen molar-refractivity contribution in [2.45, 2.75) is 38.1 Å². The fraction of sp³-hybridized carbons (Fsp3) is 0.769. The van der Waals surface area contributed by atoms with Gasteiger partial charge in [-0.25, -0.2) is 4.68 Å². The van der Waals surface area contributed by atoms with E-state index in [0.29, 0.717) is 11.7 Å². The van der Waals surface area contributed by atoms with Gasteiger partial charge in [-0.1, -0.05) is 24.5 Å². The lowest BCUT2D eigenvalue weighted by atomic mass is 10.1. The summed E-state index contributed by atoms with van der Waals surface area (Å²) in [5, 5.41) is 11.3. The molecule has 3 rings (SSSR count). The molecule has 3 heterocycles. The van der Waals surface area contributed by atoms with Crippen LogP contribution in [0, 0.1) is 0 Å². The highest BCUT2D eigenvalue weighted by atomic mass is 16.2. The Kier molecular flexibility index (Phi) is 3.77. The average Bonchev–Trinajstić information content (AvgIpc) is 2.74. The van der Waals surface area contributed by atoms with Crippen LogP contribution < -0.4 is 5.32 Å². The lowest BCUT2D eigenvalue weighted by Gasteiger charge is -2.26. The quantitative estimate of drug-likeness (QED) is 0.858. The summed E-state index contributed by atoms with van der Waals surface area (Å²) >= 11 is 0. The largest absolute Gasteiger partial charge is 0.337 e. The van der Waals surface area contributed by atoms with Crippen LogP contribution in [0.5, 0.6) is 0 Å². The molecule has 0 atom stereocenters. The molecular formula is C13H21N5O. The molecule has 2 aliphatic rings. The molecule has 1 amide bonds. The second-order valence-corrected chi connectivity index (χ2v) is 5.46. The van der Waals surface area contributed by atoms with Crippen molar-refractivity contribution in [2.75, 3.05) is 26.2 Å². The minimum atomic E-state index is 0.0421. The summed E-state index contributed by atoms with van der Waals surface area (Å²) in [6.45, 7) is 3.55. The van der Waals surface area contributed by atoms with Gasteiger partial charge >= 0.3 is 0 Å². The van der Waals surface area contributed by atoms with E-state index in [1.807, 2.05) is 9.58 Å². The number of hydrogen-bond acceptors (Lipinski definition) is 4. The molecule has 104 valence electrons. The van der Waals surface area contributed by atoms with Gasteiger partial charge in [0.25, 0.3) is 5.91 Å². The summed E-state index contributed by atoms with van der Waals surface area (Å²) in [5.41, 5.74) is 0.493. The molecule has 0 spiro atoms. The number of carbonyl (C=O) groups is 1. The van der Waals surface area contributed by atoms with Crippen LogP contribution in [-0.4, -0.2) is 52.0 Å². The summed E-state index contributed by atoms with van der Waals surface area (Å²) < 4.78 is 1.81. The minimum absolute atomic E-state index is 0.0421. The van der Waals surface area contributed by atoms with E-state index in [2.05, 4.69) is 15.6 Å². The molecule has 0 saturated carbocycles. The Bertz CT molecular complexity index is 432. The fourth-order valence-corrected chi connectivity index (χ4v) is 2.63. The molecule has 0 radical (unpaired) electrons. The molecule has 1 aromatic heterocycles. The van der Waals surface area contributed by atoms with Gasteiger partial charge in [0.2, 0.25) is 0 Å². The van der Waals surface area contributed by atoms with E-state index in [-0.39, 0.29) is 5.91 Å². The van der Waals surface area contributed by atoms with Crippen LogP contribution >= 0.6 is 0 Å². The maximum atomic E-state index is 12.4. The van der Waals surface area contributed by atoms with E-state index >= 15 is 0 Å². The molecule has 6 nitrogen and oxygen atoms in total. The molecule has 0 aliphatic carbocycles. The predicted octanol–water partition coefficient (Wildman–Crippen LogP) is 0.829. The van der Waals surface area contributed by atoms with Crippen LogP contribution in [0.4, 0.5) is 0 Å². The summed E-state index contributed by atoms with van der Waals surface area (Å²) in [5.74, 6) is 0.0421. The van der Waals surface area contributed by atoms with Crippen LogP contribution in [0.2, 0.25) is 0 Å². The van der Waals surface area contributed by atoms with Gasteiger partial charge < -0.3 is 10.2 Å². The maximum Gasteiger partial charge on any atom is 0.276 e. The normalized spacial score (nSPS) is 21.6. The van der Waals surface area contributed by atoms with E-state index in [0.717, 1.165) is 39.0 Å². The van der Waals surface area contributed by atoms with Gasteiger partial charge in [0.1, 0.15) is 0 Å². The second-order valence-electron chi connectivity index (χ2n) is 5.46. The molecular weight excluding hydrogens is 242 g/mol. The lowest BCUT2D eigenvalue weighted by molar-refractivity contribution is 0.0736. The Labute approximate surface area is 113 Å². The van der Waals surface area contributed by atoms with Gasteiger partial charge in [-0.05, 0) is 12.8 Å². The first-order valence-corrected chi connectivity index (χ1v) is 7.26. The van der Waals surface area contributed by atoms with E-state index < -0.39 is 0 Å². The average molecular weight is 263 g/mol. The number of rotatable bonds is 2. The smallest absolute Gasteiger partial charge is 0.276 e. The predicted molar refractivity (Wildman–Crippen MR) is 70.9 cm³/mol. The van der Waals surface area contributed by atoms with Crippen LogP contribution in [0.3, 0.4) is 0 Å². The van der Waals surface area contributed by atoms with Crippen molar-refractivity contribution >= 4 is 5.91 Å². The first-order chi connectivity index (χ1) is 9.34. The van der Waals surface area contributed by atoms with E-state index in [1.165, 1.54) is 19.3 Å². The standard InChI is InChI=1S/C13H21N5O/c19-13(17-6-4-2-1-3-5-7-17)12-10-18(16-15-12)11-8-14-9-11/h10-11,14H,1-9H2. The molecule has 0 aromatic carbocycles. The zero-order valence-electron chi connectivity index (χ0n) is 11.2.